The van der Waals surface area contributed by atoms with Crippen LogP contribution in [0.1, 0.15) is 18.4 Å². The highest BCUT2D eigenvalue weighted by Crippen LogP contribution is 2.34. The number of fused-ring (bicyclic) bond motifs is 1. The van der Waals surface area contributed by atoms with Gasteiger partial charge in [-0.25, -0.2) is 0 Å². The molecule has 2 aliphatic rings. The molecule has 2 saturated heterocycles. The third kappa shape index (κ3) is 4.53. The van der Waals surface area contributed by atoms with Gasteiger partial charge in [-0.3, -0.25) is 9.69 Å². The highest BCUT2D eigenvalue weighted by Gasteiger charge is 2.42. The lowest BCUT2D eigenvalue weighted by atomic mass is 10.0. The first-order chi connectivity index (χ1) is 11.2. The molecule has 1 aromatic rings. The van der Waals surface area contributed by atoms with Crippen LogP contribution in [0.2, 0.25) is 0 Å². The van der Waals surface area contributed by atoms with Crippen LogP contribution in [0.25, 0.3) is 0 Å². The monoisotopic (exact) mass is 318 g/mol. The molecule has 3 atom stereocenters. The molecule has 2 fully saturated rings. The van der Waals surface area contributed by atoms with Crippen molar-refractivity contribution in [3.8, 4) is 0 Å². The fourth-order valence-corrected chi connectivity index (χ4v) is 3.53. The molecular formula is C18H26N2O3. The van der Waals surface area contributed by atoms with Crippen molar-refractivity contribution in [2.45, 2.75) is 31.7 Å². The van der Waals surface area contributed by atoms with Gasteiger partial charge in [-0.1, -0.05) is 30.3 Å². The Morgan fingerprint density at radius 1 is 1.35 bits per heavy atom. The number of hydrogen-bond acceptors (Lipinski definition) is 4. The van der Waals surface area contributed by atoms with Crippen LogP contribution in [0.3, 0.4) is 0 Å². The van der Waals surface area contributed by atoms with Gasteiger partial charge in [0.2, 0.25) is 5.91 Å². The van der Waals surface area contributed by atoms with Gasteiger partial charge >= 0.3 is 0 Å². The maximum Gasteiger partial charge on any atom is 0.222 e. The van der Waals surface area contributed by atoms with Gasteiger partial charge in [-0.15, -0.1) is 0 Å². The van der Waals surface area contributed by atoms with E-state index < -0.39 is 0 Å². The summed E-state index contributed by atoms with van der Waals surface area (Å²) in [5.41, 5.74) is 1.21. The number of nitrogens with one attached hydrogen (secondary N) is 1. The van der Waals surface area contributed by atoms with Crippen LogP contribution in [-0.2, 0) is 20.9 Å². The van der Waals surface area contributed by atoms with Crippen molar-refractivity contribution < 1.29 is 14.3 Å². The first kappa shape index (κ1) is 16.4. The predicted octanol–water partition coefficient (Wildman–Crippen LogP) is 1.43. The number of benzene rings is 1. The van der Waals surface area contributed by atoms with Crippen molar-refractivity contribution >= 4 is 5.91 Å². The summed E-state index contributed by atoms with van der Waals surface area (Å²) in [7, 11) is 1.68. The van der Waals surface area contributed by atoms with Crippen LogP contribution in [-0.4, -0.2) is 56.3 Å². The number of likely N-dealkylation sites (tertiary alicyclic amines) is 1. The van der Waals surface area contributed by atoms with E-state index in [9.17, 15) is 4.79 Å². The van der Waals surface area contributed by atoms with Crippen LogP contribution >= 0.6 is 0 Å². The summed E-state index contributed by atoms with van der Waals surface area (Å²) < 4.78 is 11.8. The van der Waals surface area contributed by atoms with Crippen molar-refractivity contribution in [2.24, 2.45) is 5.92 Å². The molecule has 2 heterocycles. The van der Waals surface area contributed by atoms with E-state index >= 15 is 0 Å². The Morgan fingerprint density at radius 3 is 2.91 bits per heavy atom. The van der Waals surface area contributed by atoms with Gasteiger partial charge < -0.3 is 14.8 Å². The van der Waals surface area contributed by atoms with E-state index in [1.165, 1.54) is 5.56 Å². The molecule has 23 heavy (non-hydrogen) atoms. The highest BCUT2D eigenvalue weighted by atomic mass is 16.5. The number of amides is 1. The van der Waals surface area contributed by atoms with Gasteiger partial charge in [0.25, 0.3) is 0 Å². The minimum atomic E-state index is 0.0705. The van der Waals surface area contributed by atoms with Crippen molar-refractivity contribution in [3.05, 3.63) is 35.9 Å². The molecule has 5 heteroatoms. The normalized spacial score (nSPS) is 27.1. The Bertz CT molecular complexity index is 494. The molecule has 1 N–H and O–H groups in total. The Hall–Kier alpha value is -1.43. The summed E-state index contributed by atoms with van der Waals surface area (Å²) >= 11 is 0. The smallest absolute Gasteiger partial charge is 0.222 e. The Kier molecular flexibility index (Phi) is 5.65. The largest absolute Gasteiger partial charge is 0.375 e. The standard InChI is InChI=1S/C18H26N2O3/c1-19-18(21)10-16-9-15-11-20(12-17(15)23-16)7-8-22-13-14-5-3-2-4-6-14/h2-6,15-17H,7-13H2,1H3,(H,19,21)/t15-,16-,17+/m0/s1. The average Bonchev–Trinajstić information content (AvgIpc) is 3.10. The zero-order valence-corrected chi connectivity index (χ0v) is 13.7. The first-order valence-electron chi connectivity index (χ1n) is 8.44. The zero-order chi connectivity index (χ0) is 16.1. The molecule has 0 aliphatic carbocycles. The number of nitrogens with zero attached hydrogens (tertiary/aromatic N) is 1. The predicted molar refractivity (Wildman–Crippen MR) is 88.0 cm³/mol. The van der Waals surface area contributed by atoms with Gasteiger partial charge in [-0.2, -0.15) is 0 Å². The van der Waals surface area contributed by atoms with Gasteiger partial charge in [0.15, 0.2) is 0 Å². The maximum absolute atomic E-state index is 11.4. The number of hydrogen-bond donors (Lipinski definition) is 1. The summed E-state index contributed by atoms with van der Waals surface area (Å²) in [5, 5.41) is 2.67. The van der Waals surface area contributed by atoms with E-state index in [2.05, 4.69) is 22.3 Å². The van der Waals surface area contributed by atoms with Crippen LogP contribution in [0.5, 0.6) is 0 Å². The fourth-order valence-electron chi connectivity index (χ4n) is 3.53. The molecule has 0 bridgehead atoms. The van der Waals surface area contributed by atoms with Crippen molar-refractivity contribution in [1.82, 2.24) is 10.2 Å². The summed E-state index contributed by atoms with van der Waals surface area (Å²) in [4.78, 5) is 13.8. The number of carbonyl (C=O) groups is 1. The van der Waals surface area contributed by atoms with Crippen LogP contribution in [0.15, 0.2) is 30.3 Å². The lowest BCUT2D eigenvalue weighted by Crippen LogP contribution is -2.30. The van der Waals surface area contributed by atoms with E-state index in [4.69, 9.17) is 9.47 Å². The molecule has 0 unspecified atom stereocenters. The lowest BCUT2D eigenvalue weighted by molar-refractivity contribution is -0.123. The van der Waals surface area contributed by atoms with Crippen LogP contribution < -0.4 is 5.32 Å². The summed E-state index contributed by atoms with van der Waals surface area (Å²) in [6, 6.07) is 10.3. The molecule has 0 radical (unpaired) electrons. The molecule has 0 aromatic heterocycles. The van der Waals surface area contributed by atoms with Crippen molar-refractivity contribution in [2.75, 3.05) is 33.3 Å². The minimum Gasteiger partial charge on any atom is -0.375 e. The summed E-state index contributed by atoms with van der Waals surface area (Å²) in [5.74, 6) is 0.639. The molecule has 0 spiro atoms. The second kappa shape index (κ2) is 7.90. The van der Waals surface area contributed by atoms with Gasteiger partial charge in [-0.05, 0) is 12.0 Å². The van der Waals surface area contributed by atoms with Crippen molar-refractivity contribution in [3.63, 3.8) is 0 Å². The molecule has 126 valence electrons. The maximum atomic E-state index is 11.4. The van der Waals surface area contributed by atoms with Crippen molar-refractivity contribution in [1.29, 1.82) is 0 Å². The fraction of sp³-hybridized carbons (Fsp3) is 0.611. The SMILES string of the molecule is CNC(=O)C[C@@H]1C[C@H]2CN(CCOCc3ccccc3)C[C@H]2O1. The van der Waals surface area contributed by atoms with E-state index in [1.54, 1.807) is 7.05 Å². The Labute approximate surface area is 137 Å². The molecule has 5 nitrogen and oxygen atoms in total. The topological polar surface area (TPSA) is 50.8 Å². The highest BCUT2D eigenvalue weighted by molar-refractivity contribution is 5.76. The molecule has 0 saturated carbocycles. The summed E-state index contributed by atoms with van der Waals surface area (Å²) in [6.45, 7) is 4.39. The van der Waals surface area contributed by atoms with Gasteiger partial charge in [0, 0.05) is 32.6 Å². The first-order valence-corrected chi connectivity index (χ1v) is 8.44. The van der Waals surface area contributed by atoms with Gasteiger partial charge in [0.1, 0.15) is 0 Å². The Balaban J connectivity index is 1.32. The van der Waals surface area contributed by atoms with E-state index in [0.717, 1.165) is 32.7 Å². The third-order valence-corrected chi connectivity index (χ3v) is 4.74. The van der Waals surface area contributed by atoms with E-state index in [1.807, 2.05) is 18.2 Å². The Morgan fingerprint density at radius 2 is 2.17 bits per heavy atom. The van der Waals surface area contributed by atoms with Crippen LogP contribution in [0.4, 0.5) is 0 Å². The molecule has 1 amide bonds. The average molecular weight is 318 g/mol. The number of carbonyl (C=O) groups excluding carboxylic acids is 1. The van der Waals surface area contributed by atoms with Gasteiger partial charge in [0.05, 0.1) is 31.8 Å². The molecule has 3 rings (SSSR count). The molecular weight excluding hydrogens is 292 g/mol. The van der Waals surface area contributed by atoms with E-state index in [0.29, 0.717) is 25.0 Å². The molecule has 2 aliphatic heterocycles. The second-order valence-electron chi connectivity index (χ2n) is 6.47. The second-order valence-corrected chi connectivity index (χ2v) is 6.47. The molecule has 1 aromatic carbocycles. The van der Waals surface area contributed by atoms with E-state index in [-0.39, 0.29) is 12.0 Å². The van der Waals surface area contributed by atoms with Crippen LogP contribution in [0, 0.1) is 5.92 Å². The summed E-state index contributed by atoms with van der Waals surface area (Å²) in [6.07, 6.45) is 1.88. The quantitative estimate of drug-likeness (QED) is 0.773. The minimum absolute atomic E-state index is 0.0705. The lowest BCUT2D eigenvalue weighted by Gasteiger charge is -2.18. The third-order valence-electron chi connectivity index (χ3n) is 4.74. The number of rotatable bonds is 7. The zero-order valence-electron chi connectivity index (χ0n) is 13.7. The number of ether oxygens (including phenoxy) is 2.